The smallest absolute Gasteiger partial charge is 0.140 e. The first kappa shape index (κ1) is 10.8. The van der Waals surface area contributed by atoms with Crippen LogP contribution in [0.1, 0.15) is 30.7 Å². The molecular weight excluding hydrogens is 303 g/mol. The summed E-state index contributed by atoms with van der Waals surface area (Å²) in [5, 5.41) is 0. The zero-order valence-electron chi connectivity index (χ0n) is 8.20. The van der Waals surface area contributed by atoms with Gasteiger partial charge in [-0.25, -0.2) is 0 Å². The van der Waals surface area contributed by atoms with Crippen molar-refractivity contribution >= 4 is 34.2 Å². The summed E-state index contributed by atoms with van der Waals surface area (Å²) in [6.07, 6.45) is 1.18. The van der Waals surface area contributed by atoms with E-state index in [2.05, 4.69) is 22.6 Å². The molecule has 0 N–H and O–H groups in total. The fraction of sp³-hybridized carbons (Fsp3) is 0.333. The highest BCUT2D eigenvalue weighted by molar-refractivity contribution is 14.1. The summed E-state index contributed by atoms with van der Waals surface area (Å²) in [7, 11) is 0. The van der Waals surface area contributed by atoms with Gasteiger partial charge in [0.15, 0.2) is 0 Å². The molecule has 78 valence electrons. The highest BCUT2D eigenvalue weighted by atomic mass is 127. The number of rotatable bonds is 1. The van der Waals surface area contributed by atoms with Crippen LogP contribution < -0.4 is 0 Å². The lowest BCUT2D eigenvalue weighted by Crippen LogP contribution is -2.21. The maximum absolute atomic E-state index is 11.3. The molecule has 1 fully saturated rings. The van der Waals surface area contributed by atoms with Crippen molar-refractivity contribution in [1.29, 1.82) is 0 Å². The fourth-order valence-electron chi connectivity index (χ4n) is 1.96. The van der Waals surface area contributed by atoms with Gasteiger partial charge in [-0.3, -0.25) is 9.59 Å². The number of carbonyl (C=O) groups is 2. The number of Topliss-reactive ketones (excluding diaryl/α,β-unsaturated/α-hetero) is 2. The average molecular weight is 314 g/mol. The summed E-state index contributed by atoms with van der Waals surface area (Å²) in [4.78, 5) is 22.6. The fourth-order valence-corrected chi connectivity index (χ4v) is 2.32. The third-order valence-electron chi connectivity index (χ3n) is 2.68. The summed E-state index contributed by atoms with van der Waals surface area (Å²) in [5.41, 5.74) is 1.11. The topological polar surface area (TPSA) is 34.1 Å². The van der Waals surface area contributed by atoms with Crippen molar-refractivity contribution in [2.45, 2.75) is 25.2 Å². The normalized spacial score (nSPS) is 18.2. The zero-order chi connectivity index (χ0) is 10.8. The van der Waals surface area contributed by atoms with Crippen LogP contribution in [-0.4, -0.2) is 11.6 Å². The Morgan fingerprint density at radius 3 is 2.07 bits per heavy atom. The molecule has 0 bridgehead atoms. The molecule has 0 atom stereocenters. The summed E-state index contributed by atoms with van der Waals surface area (Å²) < 4.78 is 1.17. The first-order valence-electron chi connectivity index (χ1n) is 4.94. The number of ketones is 2. The first-order chi connectivity index (χ1) is 7.15. The van der Waals surface area contributed by atoms with Gasteiger partial charge in [0.2, 0.25) is 0 Å². The van der Waals surface area contributed by atoms with Crippen LogP contribution in [0.5, 0.6) is 0 Å². The maximum Gasteiger partial charge on any atom is 0.140 e. The van der Waals surface area contributed by atoms with Crippen LogP contribution in [0.3, 0.4) is 0 Å². The molecule has 0 saturated heterocycles. The molecule has 0 heterocycles. The second-order valence-corrected chi connectivity index (χ2v) is 5.16. The Labute approximate surface area is 102 Å². The van der Waals surface area contributed by atoms with Gasteiger partial charge in [-0.1, -0.05) is 12.1 Å². The molecule has 0 unspecified atom stereocenters. The standard InChI is InChI=1S/C12H11IO2/c13-10-3-1-8(2-4-10)9-5-11(14)7-12(15)6-9/h1-4,9H,5-7H2. The third-order valence-corrected chi connectivity index (χ3v) is 3.40. The van der Waals surface area contributed by atoms with Crippen LogP contribution in [0.4, 0.5) is 0 Å². The van der Waals surface area contributed by atoms with Crippen molar-refractivity contribution in [2.75, 3.05) is 0 Å². The molecule has 15 heavy (non-hydrogen) atoms. The van der Waals surface area contributed by atoms with E-state index in [1.54, 1.807) is 0 Å². The van der Waals surface area contributed by atoms with E-state index >= 15 is 0 Å². The van der Waals surface area contributed by atoms with Gasteiger partial charge in [0, 0.05) is 16.4 Å². The lowest BCUT2D eigenvalue weighted by Gasteiger charge is -2.20. The SMILES string of the molecule is O=C1CC(=O)CC(c2ccc(I)cc2)C1. The molecule has 2 nitrogen and oxygen atoms in total. The number of hydrogen-bond acceptors (Lipinski definition) is 2. The van der Waals surface area contributed by atoms with E-state index in [9.17, 15) is 9.59 Å². The number of halogens is 1. The van der Waals surface area contributed by atoms with E-state index in [-0.39, 0.29) is 23.9 Å². The monoisotopic (exact) mass is 314 g/mol. The largest absolute Gasteiger partial charge is 0.299 e. The van der Waals surface area contributed by atoms with Gasteiger partial charge >= 0.3 is 0 Å². The Balaban J connectivity index is 2.19. The van der Waals surface area contributed by atoms with Crippen LogP contribution in [0.25, 0.3) is 0 Å². The Bertz CT molecular complexity index is 379. The van der Waals surface area contributed by atoms with E-state index in [1.807, 2.05) is 24.3 Å². The number of hydrogen-bond donors (Lipinski definition) is 0. The summed E-state index contributed by atoms with van der Waals surface area (Å²) >= 11 is 2.24. The molecule has 0 amide bonds. The molecule has 1 aromatic rings. The van der Waals surface area contributed by atoms with Gasteiger partial charge in [-0.05, 0) is 46.2 Å². The molecule has 0 radical (unpaired) electrons. The van der Waals surface area contributed by atoms with Crippen molar-refractivity contribution in [1.82, 2.24) is 0 Å². The Morgan fingerprint density at radius 1 is 1.00 bits per heavy atom. The molecule has 1 aliphatic carbocycles. The lowest BCUT2D eigenvalue weighted by molar-refractivity contribution is -0.130. The Morgan fingerprint density at radius 2 is 1.53 bits per heavy atom. The number of benzene rings is 1. The Kier molecular flexibility index (Phi) is 3.19. The second kappa shape index (κ2) is 4.43. The summed E-state index contributed by atoms with van der Waals surface area (Å²) in [6.45, 7) is 0. The highest BCUT2D eigenvalue weighted by Crippen LogP contribution is 2.29. The molecule has 1 aliphatic rings. The molecule has 2 rings (SSSR count). The van der Waals surface area contributed by atoms with E-state index in [0.717, 1.165) is 5.56 Å². The average Bonchev–Trinajstić information content (AvgIpc) is 2.17. The van der Waals surface area contributed by atoms with Gasteiger partial charge in [0.05, 0.1) is 6.42 Å². The van der Waals surface area contributed by atoms with Crippen molar-refractivity contribution in [3.63, 3.8) is 0 Å². The molecule has 0 aliphatic heterocycles. The van der Waals surface area contributed by atoms with E-state index in [1.165, 1.54) is 3.57 Å². The van der Waals surface area contributed by atoms with Crippen LogP contribution in [0.2, 0.25) is 0 Å². The van der Waals surface area contributed by atoms with Gasteiger partial charge in [0.1, 0.15) is 11.6 Å². The van der Waals surface area contributed by atoms with Gasteiger partial charge in [-0.2, -0.15) is 0 Å². The van der Waals surface area contributed by atoms with Crippen molar-refractivity contribution < 1.29 is 9.59 Å². The Hall–Kier alpha value is -0.710. The number of carbonyl (C=O) groups excluding carboxylic acids is 2. The highest BCUT2D eigenvalue weighted by Gasteiger charge is 2.26. The van der Waals surface area contributed by atoms with Crippen LogP contribution >= 0.6 is 22.6 Å². The zero-order valence-corrected chi connectivity index (χ0v) is 10.4. The van der Waals surface area contributed by atoms with Crippen LogP contribution in [0, 0.1) is 3.57 Å². The predicted molar refractivity (Wildman–Crippen MR) is 65.8 cm³/mol. The molecule has 1 saturated carbocycles. The van der Waals surface area contributed by atoms with Crippen molar-refractivity contribution in [3.8, 4) is 0 Å². The quantitative estimate of drug-likeness (QED) is 0.590. The van der Waals surface area contributed by atoms with E-state index < -0.39 is 0 Å². The van der Waals surface area contributed by atoms with Gasteiger partial charge in [-0.15, -0.1) is 0 Å². The molecular formula is C12H11IO2. The predicted octanol–water partition coefficient (Wildman–Crippen LogP) is 2.70. The van der Waals surface area contributed by atoms with Gasteiger partial charge < -0.3 is 0 Å². The molecule has 0 aromatic heterocycles. The minimum Gasteiger partial charge on any atom is -0.299 e. The summed E-state index contributed by atoms with van der Waals surface area (Å²) in [6, 6.07) is 8.05. The first-order valence-corrected chi connectivity index (χ1v) is 6.02. The minimum absolute atomic E-state index is 0.0785. The van der Waals surface area contributed by atoms with E-state index in [4.69, 9.17) is 0 Å². The van der Waals surface area contributed by atoms with Crippen molar-refractivity contribution in [3.05, 3.63) is 33.4 Å². The van der Waals surface area contributed by atoms with Crippen molar-refractivity contribution in [2.24, 2.45) is 0 Å². The molecule has 1 aromatic carbocycles. The second-order valence-electron chi connectivity index (χ2n) is 3.91. The van der Waals surface area contributed by atoms with Crippen LogP contribution in [0.15, 0.2) is 24.3 Å². The van der Waals surface area contributed by atoms with Gasteiger partial charge in [0.25, 0.3) is 0 Å². The third kappa shape index (κ3) is 2.65. The van der Waals surface area contributed by atoms with E-state index in [0.29, 0.717) is 12.8 Å². The maximum atomic E-state index is 11.3. The molecule has 0 spiro atoms. The molecule has 3 heteroatoms. The van der Waals surface area contributed by atoms with Crippen LogP contribution in [-0.2, 0) is 9.59 Å². The lowest BCUT2D eigenvalue weighted by atomic mass is 9.83. The minimum atomic E-state index is 0.0785. The summed E-state index contributed by atoms with van der Waals surface area (Å²) in [5.74, 6) is 0.264.